The first kappa shape index (κ1) is 19.2. The van der Waals surface area contributed by atoms with Crippen molar-refractivity contribution in [2.45, 2.75) is 18.9 Å². The van der Waals surface area contributed by atoms with Crippen LogP contribution >= 0.6 is 7.60 Å². The lowest BCUT2D eigenvalue weighted by atomic mass is 10.1. The van der Waals surface area contributed by atoms with Crippen LogP contribution in [0.2, 0.25) is 0 Å². The number of anilines is 1. The molecule has 1 aromatic rings. The van der Waals surface area contributed by atoms with Gasteiger partial charge in [0.15, 0.2) is 6.79 Å². The van der Waals surface area contributed by atoms with E-state index in [4.69, 9.17) is 15.9 Å². The van der Waals surface area contributed by atoms with E-state index in [2.05, 4.69) is 14.9 Å². The molecule has 6 N–H and O–H groups in total. The lowest BCUT2D eigenvalue weighted by Gasteiger charge is -2.12. The first-order chi connectivity index (χ1) is 10.8. The molecule has 1 rings (SSSR count). The van der Waals surface area contributed by atoms with Crippen LogP contribution in [0, 0.1) is 0 Å². The monoisotopic (exact) mass is 348 g/mol. The number of benzene rings is 1. The third kappa shape index (κ3) is 6.45. The fourth-order valence-corrected chi connectivity index (χ4v) is 2.38. The first-order valence-electron chi connectivity index (χ1n) is 6.40. The van der Waals surface area contributed by atoms with Gasteiger partial charge in [0.2, 0.25) is 5.91 Å². The summed E-state index contributed by atoms with van der Waals surface area (Å²) in [4.78, 5) is 35.9. The number of carbonyl (C=O) groups excluding carboxylic acids is 1. The van der Waals surface area contributed by atoms with Gasteiger partial charge < -0.3 is 26.2 Å². The smallest absolute Gasteiger partial charge is 0.385 e. The minimum atomic E-state index is -4.31. The SMILES string of the molecule is N[C@@H](CCC(=O)Nc1cccc(P(=O)(O)OOCO)c1)C(=O)O. The van der Waals surface area contributed by atoms with Crippen LogP contribution in [0.4, 0.5) is 5.69 Å². The van der Waals surface area contributed by atoms with E-state index in [1.165, 1.54) is 24.3 Å². The zero-order valence-electron chi connectivity index (χ0n) is 11.9. The molecule has 0 aliphatic rings. The number of rotatable bonds is 9. The van der Waals surface area contributed by atoms with E-state index in [0.717, 1.165) is 0 Å². The van der Waals surface area contributed by atoms with Crippen molar-refractivity contribution >= 4 is 30.5 Å². The second kappa shape index (κ2) is 8.73. The van der Waals surface area contributed by atoms with E-state index in [1.807, 2.05) is 0 Å². The standard InChI is InChI=1S/C12H17N2O8P/c13-10(12(17)18)4-5-11(16)14-8-2-1-3-9(6-8)23(19,20)22-21-7-15/h1-3,6,10,15H,4-5,7,13H2,(H,14,16)(H,17,18)(H,19,20)/t10-/m0/s1. The third-order valence-electron chi connectivity index (χ3n) is 2.66. The Morgan fingerprint density at radius 1 is 1.39 bits per heavy atom. The van der Waals surface area contributed by atoms with Gasteiger partial charge >= 0.3 is 13.6 Å². The minimum absolute atomic E-state index is 0.0488. The summed E-state index contributed by atoms with van der Waals surface area (Å²) in [6, 6.07) is 4.19. The van der Waals surface area contributed by atoms with E-state index in [1.54, 1.807) is 0 Å². The maximum Gasteiger partial charge on any atom is 0.385 e. The summed E-state index contributed by atoms with van der Waals surface area (Å²) >= 11 is 0. The molecule has 0 saturated heterocycles. The van der Waals surface area contributed by atoms with Crippen molar-refractivity contribution in [3.8, 4) is 0 Å². The molecule has 0 spiro atoms. The van der Waals surface area contributed by atoms with Gasteiger partial charge in [-0.15, -0.1) is 4.67 Å². The van der Waals surface area contributed by atoms with Crippen LogP contribution in [-0.4, -0.2) is 39.8 Å². The molecule has 0 saturated carbocycles. The Hall–Kier alpha value is -1.81. The molecular weight excluding hydrogens is 331 g/mol. The summed E-state index contributed by atoms with van der Waals surface area (Å²) in [5.74, 6) is -1.71. The molecule has 0 radical (unpaired) electrons. The number of carboxylic acid groups (broad SMARTS) is 1. The lowest BCUT2D eigenvalue weighted by Crippen LogP contribution is -2.31. The Morgan fingerprint density at radius 2 is 2.09 bits per heavy atom. The Labute approximate surface area is 131 Å². The van der Waals surface area contributed by atoms with Crippen molar-refractivity contribution in [3.05, 3.63) is 24.3 Å². The van der Waals surface area contributed by atoms with Gasteiger partial charge in [0.05, 0.1) is 5.30 Å². The average Bonchev–Trinajstić information content (AvgIpc) is 2.50. The van der Waals surface area contributed by atoms with Gasteiger partial charge in [0.25, 0.3) is 0 Å². The van der Waals surface area contributed by atoms with Crippen molar-refractivity contribution in [2.75, 3.05) is 12.1 Å². The predicted octanol–water partition coefficient (Wildman–Crippen LogP) is -0.474. The van der Waals surface area contributed by atoms with Crippen LogP contribution in [0.25, 0.3) is 0 Å². The van der Waals surface area contributed by atoms with Crippen molar-refractivity contribution in [1.82, 2.24) is 0 Å². The Bertz CT molecular complexity index is 608. The van der Waals surface area contributed by atoms with Crippen LogP contribution < -0.4 is 16.4 Å². The molecule has 1 amide bonds. The number of aliphatic hydroxyl groups is 1. The van der Waals surface area contributed by atoms with Gasteiger partial charge in [-0.1, -0.05) is 6.07 Å². The molecule has 0 aromatic heterocycles. The summed E-state index contributed by atoms with van der Waals surface area (Å²) in [6.45, 7) is -0.898. The second-order valence-corrected chi connectivity index (χ2v) is 6.13. The molecule has 0 bridgehead atoms. The highest BCUT2D eigenvalue weighted by atomic mass is 31.2. The Morgan fingerprint density at radius 3 is 2.70 bits per heavy atom. The number of nitrogens with one attached hydrogen (secondary N) is 1. The van der Waals surface area contributed by atoms with Gasteiger partial charge in [0, 0.05) is 12.1 Å². The minimum Gasteiger partial charge on any atom is -0.480 e. The van der Waals surface area contributed by atoms with Crippen molar-refractivity contribution in [3.63, 3.8) is 0 Å². The maximum atomic E-state index is 11.8. The number of carboxylic acids is 1. The zero-order valence-corrected chi connectivity index (χ0v) is 12.8. The zero-order chi connectivity index (χ0) is 17.5. The van der Waals surface area contributed by atoms with Crippen LogP contribution in [0.1, 0.15) is 12.8 Å². The van der Waals surface area contributed by atoms with Gasteiger partial charge in [0.1, 0.15) is 6.04 Å². The highest BCUT2D eigenvalue weighted by Crippen LogP contribution is 2.41. The number of nitrogens with two attached hydrogens (primary N) is 1. The molecule has 0 aliphatic carbocycles. The van der Waals surface area contributed by atoms with Crippen molar-refractivity contribution in [1.29, 1.82) is 0 Å². The summed E-state index contributed by atoms with van der Waals surface area (Å²) < 4.78 is 16.0. The number of aliphatic carboxylic acids is 1. The lowest BCUT2D eigenvalue weighted by molar-refractivity contribution is -0.257. The molecule has 10 nitrogen and oxygen atoms in total. The van der Waals surface area contributed by atoms with Crippen LogP contribution in [-0.2, 0) is 23.7 Å². The highest BCUT2D eigenvalue weighted by molar-refractivity contribution is 7.61. The van der Waals surface area contributed by atoms with Crippen LogP contribution in [0.15, 0.2) is 24.3 Å². The summed E-state index contributed by atoms with van der Waals surface area (Å²) in [7, 11) is -4.31. The number of carbonyl (C=O) groups is 2. The number of hydrogen-bond donors (Lipinski definition) is 5. The molecule has 0 aliphatic heterocycles. The molecular formula is C12H17N2O8P. The Balaban J connectivity index is 2.68. The number of hydrogen-bond acceptors (Lipinski definition) is 7. The van der Waals surface area contributed by atoms with E-state index < -0.39 is 32.3 Å². The second-order valence-electron chi connectivity index (χ2n) is 4.42. The quantitative estimate of drug-likeness (QED) is 0.171. The Kier molecular flexibility index (Phi) is 7.30. The molecule has 23 heavy (non-hydrogen) atoms. The fraction of sp³-hybridized carbons (Fsp3) is 0.333. The largest absolute Gasteiger partial charge is 0.480 e. The van der Waals surface area contributed by atoms with Gasteiger partial charge in [-0.25, -0.2) is 0 Å². The van der Waals surface area contributed by atoms with E-state index in [-0.39, 0.29) is 23.8 Å². The van der Waals surface area contributed by atoms with Crippen molar-refractivity contribution in [2.24, 2.45) is 5.73 Å². The maximum absolute atomic E-state index is 11.8. The highest BCUT2D eigenvalue weighted by Gasteiger charge is 2.24. The summed E-state index contributed by atoms with van der Waals surface area (Å²) in [6.07, 6.45) is -0.175. The van der Waals surface area contributed by atoms with Gasteiger partial charge in [-0.05, 0) is 24.6 Å². The predicted molar refractivity (Wildman–Crippen MR) is 78.6 cm³/mol. The summed E-state index contributed by atoms with van der Waals surface area (Å²) in [5, 5.41) is 19.3. The topological polar surface area (TPSA) is 168 Å². The van der Waals surface area contributed by atoms with E-state index in [0.29, 0.717) is 0 Å². The number of amides is 1. The fourth-order valence-electron chi connectivity index (χ4n) is 1.53. The van der Waals surface area contributed by atoms with Crippen LogP contribution in [0.3, 0.4) is 0 Å². The molecule has 128 valence electrons. The molecule has 1 aromatic carbocycles. The van der Waals surface area contributed by atoms with Crippen molar-refractivity contribution < 1.29 is 38.8 Å². The molecule has 0 heterocycles. The molecule has 11 heteroatoms. The van der Waals surface area contributed by atoms with Crippen LogP contribution in [0.5, 0.6) is 0 Å². The molecule has 0 fully saturated rings. The van der Waals surface area contributed by atoms with E-state index in [9.17, 15) is 19.0 Å². The molecule has 2 atom stereocenters. The molecule has 1 unspecified atom stereocenters. The van der Waals surface area contributed by atoms with Gasteiger partial charge in [-0.2, -0.15) is 4.89 Å². The number of aliphatic hydroxyl groups excluding tert-OH is 1. The average molecular weight is 348 g/mol. The summed E-state index contributed by atoms with van der Waals surface area (Å²) in [5.41, 5.74) is 5.49. The first-order valence-corrected chi connectivity index (χ1v) is 7.97. The third-order valence-corrected chi connectivity index (χ3v) is 3.90. The van der Waals surface area contributed by atoms with Gasteiger partial charge in [-0.3, -0.25) is 14.2 Å². The van der Waals surface area contributed by atoms with E-state index >= 15 is 0 Å². The normalized spacial score (nSPS) is 14.7.